The van der Waals surface area contributed by atoms with E-state index in [4.69, 9.17) is 0 Å². The molecule has 1 aromatic rings. The zero-order chi connectivity index (χ0) is 14.8. The molecule has 1 fully saturated rings. The molecule has 1 aliphatic carbocycles. The van der Waals surface area contributed by atoms with Gasteiger partial charge in [-0.25, -0.2) is 4.79 Å². The van der Waals surface area contributed by atoms with E-state index >= 15 is 0 Å². The second kappa shape index (κ2) is 5.83. The molecule has 4 heteroatoms. The van der Waals surface area contributed by atoms with Crippen LogP contribution in [0.3, 0.4) is 0 Å². The number of nitrogens with zero attached hydrogens (tertiary/aromatic N) is 1. The van der Waals surface area contributed by atoms with Gasteiger partial charge in [-0.15, -0.1) is 0 Å². The molecule has 0 spiro atoms. The van der Waals surface area contributed by atoms with Crippen LogP contribution in [0.5, 0.6) is 0 Å². The van der Waals surface area contributed by atoms with Gasteiger partial charge in [-0.2, -0.15) is 0 Å². The van der Waals surface area contributed by atoms with Crippen LogP contribution in [0.25, 0.3) is 0 Å². The van der Waals surface area contributed by atoms with E-state index in [-0.39, 0.29) is 17.6 Å². The molecule has 0 aliphatic heterocycles. The fourth-order valence-electron chi connectivity index (χ4n) is 2.99. The summed E-state index contributed by atoms with van der Waals surface area (Å²) < 4.78 is 0. The number of amides is 1. The Morgan fingerprint density at radius 1 is 1.30 bits per heavy atom. The van der Waals surface area contributed by atoms with Crippen LogP contribution in [0.1, 0.15) is 38.7 Å². The first-order chi connectivity index (χ1) is 9.40. The van der Waals surface area contributed by atoms with Gasteiger partial charge >= 0.3 is 6.09 Å². The minimum atomic E-state index is -0.883. The lowest BCUT2D eigenvalue weighted by atomic mass is 9.72. The van der Waals surface area contributed by atoms with Gasteiger partial charge < -0.3 is 15.1 Å². The van der Waals surface area contributed by atoms with Gasteiger partial charge in [-0.05, 0) is 30.2 Å². The molecule has 0 radical (unpaired) electrons. The van der Waals surface area contributed by atoms with Crippen LogP contribution in [-0.4, -0.2) is 33.4 Å². The third-order valence-corrected chi connectivity index (χ3v) is 4.32. The maximum Gasteiger partial charge on any atom is 0.407 e. The van der Waals surface area contributed by atoms with Crippen molar-refractivity contribution in [3.8, 4) is 0 Å². The number of rotatable bonds is 3. The standard InChI is InChI=1S/C16H23NO3/c1-16(2)10-13(8-9-14(16)18)17(15(19)20)11-12-6-4-3-5-7-12/h3-7,13-14,18H,8-11H2,1-2H3,(H,19,20). The van der Waals surface area contributed by atoms with E-state index in [2.05, 4.69) is 0 Å². The summed E-state index contributed by atoms with van der Waals surface area (Å²) in [5, 5.41) is 19.5. The van der Waals surface area contributed by atoms with Crippen LogP contribution in [0.2, 0.25) is 0 Å². The number of hydrogen-bond donors (Lipinski definition) is 2. The van der Waals surface area contributed by atoms with Crippen molar-refractivity contribution in [2.45, 2.75) is 51.8 Å². The SMILES string of the molecule is CC1(C)CC(N(Cc2ccccc2)C(=O)O)CCC1O. The van der Waals surface area contributed by atoms with Crippen LogP contribution in [0.4, 0.5) is 4.79 Å². The lowest BCUT2D eigenvalue weighted by molar-refractivity contribution is -0.0217. The summed E-state index contributed by atoms with van der Waals surface area (Å²) in [6, 6.07) is 9.63. The first-order valence-corrected chi connectivity index (χ1v) is 7.12. The molecular weight excluding hydrogens is 254 g/mol. The number of carbonyl (C=O) groups is 1. The summed E-state index contributed by atoms with van der Waals surface area (Å²) in [5.41, 5.74) is 0.770. The molecule has 2 atom stereocenters. The van der Waals surface area contributed by atoms with Gasteiger partial charge in [0.2, 0.25) is 0 Å². The Labute approximate surface area is 120 Å². The second-order valence-corrected chi connectivity index (χ2v) is 6.34. The Balaban J connectivity index is 2.11. The van der Waals surface area contributed by atoms with Crippen molar-refractivity contribution >= 4 is 6.09 Å². The third kappa shape index (κ3) is 3.31. The minimum absolute atomic E-state index is 0.0221. The molecule has 1 saturated carbocycles. The van der Waals surface area contributed by atoms with Crippen LogP contribution in [0, 0.1) is 5.41 Å². The van der Waals surface area contributed by atoms with E-state index in [1.807, 2.05) is 44.2 Å². The molecule has 4 nitrogen and oxygen atoms in total. The molecular formula is C16H23NO3. The predicted octanol–water partition coefficient (Wildman–Crippen LogP) is 3.11. The van der Waals surface area contributed by atoms with Crippen molar-refractivity contribution in [1.29, 1.82) is 0 Å². The molecule has 2 unspecified atom stereocenters. The number of aliphatic hydroxyl groups excluding tert-OH is 1. The molecule has 0 saturated heterocycles. The summed E-state index contributed by atoms with van der Waals surface area (Å²) in [5.74, 6) is 0. The quantitative estimate of drug-likeness (QED) is 0.892. The van der Waals surface area contributed by atoms with Gasteiger partial charge in [-0.3, -0.25) is 0 Å². The van der Waals surface area contributed by atoms with Gasteiger partial charge in [0, 0.05) is 12.6 Å². The summed E-state index contributed by atoms with van der Waals surface area (Å²) in [4.78, 5) is 13.1. The maximum absolute atomic E-state index is 11.6. The van der Waals surface area contributed by atoms with Crippen molar-refractivity contribution in [2.24, 2.45) is 5.41 Å². The highest BCUT2D eigenvalue weighted by Gasteiger charge is 2.39. The highest BCUT2D eigenvalue weighted by molar-refractivity contribution is 5.65. The number of carboxylic acid groups (broad SMARTS) is 1. The van der Waals surface area contributed by atoms with Crippen LogP contribution < -0.4 is 0 Å². The highest BCUT2D eigenvalue weighted by atomic mass is 16.4. The molecule has 1 aromatic carbocycles. The Morgan fingerprint density at radius 2 is 1.95 bits per heavy atom. The lowest BCUT2D eigenvalue weighted by Gasteiger charge is -2.43. The van der Waals surface area contributed by atoms with E-state index in [0.29, 0.717) is 19.4 Å². The molecule has 2 N–H and O–H groups in total. The fourth-order valence-corrected chi connectivity index (χ4v) is 2.99. The van der Waals surface area contributed by atoms with E-state index in [1.165, 1.54) is 4.90 Å². The number of hydrogen-bond acceptors (Lipinski definition) is 2. The highest BCUT2D eigenvalue weighted by Crippen LogP contribution is 2.38. The lowest BCUT2D eigenvalue weighted by Crippen LogP contribution is -2.48. The van der Waals surface area contributed by atoms with Crippen molar-refractivity contribution in [2.75, 3.05) is 0 Å². The normalized spacial score (nSPS) is 25.1. The maximum atomic E-state index is 11.6. The molecule has 2 rings (SSSR count). The smallest absolute Gasteiger partial charge is 0.407 e. The van der Waals surface area contributed by atoms with Gasteiger partial charge in [0.25, 0.3) is 0 Å². The Bertz CT molecular complexity index is 458. The Hall–Kier alpha value is -1.55. The summed E-state index contributed by atoms with van der Waals surface area (Å²) in [6.07, 6.45) is 0.866. The van der Waals surface area contributed by atoms with Gasteiger partial charge in [0.05, 0.1) is 6.10 Å². The predicted molar refractivity (Wildman–Crippen MR) is 77.4 cm³/mol. The van der Waals surface area contributed by atoms with Crippen molar-refractivity contribution < 1.29 is 15.0 Å². The van der Waals surface area contributed by atoms with Crippen LogP contribution in [-0.2, 0) is 6.54 Å². The Morgan fingerprint density at radius 3 is 2.50 bits per heavy atom. The van der Waals surface area contributed by atoms with Crippen molar-refractivity contribution in [3.05, 3.63) is 35.9 Å². The molecule has 0 heterocycles. The van der Waals surface area contributed by atoms with Crippen LogP contribution >= 0.6 is 0 Å². The molecule has 20 heavy (non-hydrogen) atoms. The average Bonchev–Trinajstić information content (AvgIpc) is 2.40. The molecule has 1 aliphatic rings. The molecule has 1 amide bonds. The zero-order valence-electron chi connectivity index (χ0n) is 12.1. The first-order valence-electron chi connectivity index (χ1n) is 7.12. The monoisotopic (exact) mass is 277 g/mol. The largest absolute Gasteiger partial charge is 0.465 e. The molecule has 0 aromatic heterocycles. The topological polar surface area (TPSA) is 60.8 Å². The second-order valence-electron chi connectivity index (χ2n) is 6.34. The first kappa shape index (κ1) is 14.9. The van der Waals surface area contributed by atoms with E-state index in [9.17, 15) is 15.0 Å². The molecule has 110 valence electrons. The minimum Gasteiger partial charge on any atom is -0.465 e. The number of aliphatic hydroxyl groups is 1. The van der Waals surface area contributed by atoms with Gasteiger partial charge in [0.1, 0.15) is 0 Å². The summed E-state index contributed by atoms with van der Waals surface area (Å²) >= 11 is 0. The zero-order valence-corrected chi connectivity index (χ0v) is 12.1. The molecule has 0 bridgehead atoms. The summed E-state index contributed by atoms with van der Waals surface area (Å²) in [6.45, 7) is 4.42. The van der Waals surface area contributed by atoms with Crippen molar-refractivity contribution in [3.63, 3.8) is 0 Å². The van der Waals surface area contributed by atoms with E-state index in [0.717, 1.165) is 12.0 Å². The number of benzene rings is 1. The average molecular weight is 277 g/mol. The van der Waals surface area contributed by atoms with E-state index in [1.54, 1.807) is 0 Å². The van der Waals surface area contributed by atoms with Crippen LogP contribution in [0.15, 0.2) is 30.3 Å². The third-order valence-electron chi connectivity index (χ3n) is 4.32. The van der Waals surface area contributed by atoms with Gasteiger partial charge in [-0.1, -0.05) is 44.2 Å². The fraction of sp³-hybridized carbons (Fsp3) is 0.562. The van der Waals surface area contributed by atoms with Gasteiger partial charge in [0.15, 0.2) is 0 Å². The Kier molecular flexibility index (Phi) is 4.33. The van der Waals surface area contributed by atoms with E-state index < -0.39 is 6.09 Å². The summed E-state index contributed by atoms with van der Waals surface area (Å²) in [7, 11) is 0. The van der Waals surface area contributed by atoms with Crippen molar-refractivity contribution in [1.82, 2.24) is 4.90 Å².